The first-order chi connectivity index (χ1) is 12.6. The van der Waals surface area contributed by atoms with Crippen LogP contribution in [-0.2, 0) is 0 Å². The van der Waals surface area contributed by atoms with Crippen molar-refractivity contribution in [1.82, 2.24) is 9.80 Å². The molecule has 5 heteroatoms. The number of carbonyl (C=O) groups excluding carboxylic acids is 1. The Kier molecular flexibility index (Phi) is 5.78. The van der Waals surface area contributed by atoms with Gasteiger partial charge in [0.15, 0.2) is 0 Å². The number of methoxy groups -OCH3 is 1. The number of hydrogen-bond acceptors (Lipinski definition) is 3. The second kappa shape index (κ2) is 8.23. The highest BCUT2D eigenvalue weighted by Gasteiger charge is 2.24. The molecule has 1 heterocycles. The first-order valence-corrected chi connectivity index (χ1v) is 9.08. The minimum Gasteiger partial charge on any atom is -0.497 e. The van der Waals surface area contributed by atoms with Crippen LogP contribution in [0.1, 0.15) is 24.1 Å². The van der Waals surface area contributed by atoms with Crippen molar-refractivity contribution in [2.45, 2.75) is 19.9 Å². The zero-order valence-electron chi connectivity index (χ0n) is 15.7. The van der Waals surface area contributed by atoms with Crippen LogP contribution in [0.15, 0.2) is 48.5 Å². The predicted molar refractivity (Wildman–Crippen MR) is 105 cm³/mol. The largest absolute Gasteiger partial charge is 0.497 e. The molecule has 1 N–H and O–H groups in total. The number of amides is 2. The summed E-state index contributed by atoms with van der Waals surface area (Å²) in [5.74, 6) is 0.795. The lowest BCUT2D eigenvalue weighted by Crippen LogP contribution is -2.50. The second-order valence-corrected chi connectivity index (χ2v) is 6.72. The van der Waals surface area contributed by atoms with E-state index in [-0.39, 0.29) is 6.03 Å². The van der Waals surface area contributed by atoms with Gasteiger partial charge in [-0.3, -0.25) is 4.90 Å². The minimum absolute atomic E-state index is 0.0368. The Bertz CT molecular complexity index is 740. The van der Waals surface area contributed by atoms with Gasteiger partial charge in [0.2, 0.25) is 0 Å². The second-order valence-electron chi connectivity index (χ2n) is 6.72. The highest BCUT2D eigenvalue weighted by atomic mass is 16.5. The van der Waals surface area contributed by atoms with E-state index < -0.39 is 0 Å². The summed E-state index contributed by atoms with van der Waals surface area (Å²) < 4.78 is 5.21. The molecule has 2 aromatic carbocycles. The maximum absolute atomic E-state index is 12.6. The maximum Gasteiger partial charge on any atom is 0.321 e. The number of carbonyl (C=O) groups is 1. The van der Waals surface area contributed by atoms with Crippen LogP contribution in [0.3, 0.4) is 0 Å². The van der Waals surface area contributed by atoms with Crippen LogP contribution < -0.4 is 10.1 Å². The molecule has 5 nitrogen and oxygen atoms in total. The van der Waals surface area contributed by atoms with E-state index in [0.29, 0.717) is 6.04 Å². The first kappa shape index (κ1) is 18.3. The molecule has 2 amide bonds. The van der Waals surface area contributed by atoms with Crippen LogP contribution in [0, 0.1) is 6.92 Å². The fourth-order valence-corrected chi connectivity index (χ4v) is 3.35. The van der Waals surface area contributed by atoms with Crippen molar-refractivity contribution in [2.75, 3.05) is 38.6 Å². The van der Waals surface area contributed by atoms with E-state index in [1.807, 2.05) is 36.1 Å². The summed E-state index contributed by atoms with van der Waals surface area (Å²) in [7, 11) is 1.64. The van der Waals surface area contributed by atoms with Gasteiger partial charge in [-0.25, -0.2) is 4.79 Å². The van der Waals surface area contributed by atoms with Crippen LogP contribution in [0.4, 0.5) is 10.5 Å². The van der Waals surface area contributed by atoms with Crippen molar-refractivity contribution < 1.29 is 9.53 Å². The van der Waals surface area contributed by atoms with E-state index in [9.17, 15) is 4.79 Å². The number of anilines is 1. The monoisotopic (exact) mass is 353 g/mol. The number of nitrogens with one attached hydrogen (secondary N) is 1. The quantitative estimate of drug-likeness (QED) is 0.906. The van der Waals surface area contributed by atoms with Crippen LogP contribution in [0.25, 0.3) is 0 Å². The summed E-state index contributed by atoms with van der Waals surface area (Å²) in [6, 6.07) is 16.5. The average Bonchev–Trinajstić information content (AvgIpc) is 2.69. The summed E-state index contributed by atoms with van der Waals surface area (Å²) in [5.41, 5.74) is 3.14. The van der Waals surface area contributed by atoms with Gasteiger partial charge in [-0.1, -0.05) is 30.3 Å². The summed E-state index contributed by atoms with van der Waals surface area (Å²) in [5, 5.41) is 3.02. The van der Waals surface area contributed by atoms with Crippen LogP contribution >= 0.6 is 0 Å². The molecule has 26 heavy (non-hydrogen) atoms. The minimum atomic E-state index is -0.0368. The van der Waals surface area contributed by atoms with Crippen molar-refractivity contribution in [2.24, 2.45) is 0 Å². The lowest BCUT2D eigenvalue weighted by atomic mass is 10.1. The molecular weight excluding hydrogens is 326 g/mol. The van der Waals surface area contributed by atoms with Gasteiger partial charge >= 0.3 is 6.03 Å². The molecular formula is C21H27N3O2. The standard InChI is InChI=1S/C21H27N3O2/c1-16-15-19(26-3)9-10-20(16)22-21(25)24-13-11-23(12-14-24)17(2)18-7-5-4-6-8-18/h4-10,15,17H,11-14H2,1-3H3,(H,22,25). The van der Waals surface area contributed by atoms with Crippen molar-refractivity contribution in [1.29, 1.82) is 0 Å². The smallest absolute Gasteiger partial charge is 0.321 e. The fourth-order valence-electron chi connectivity index (χ4n) is 3.35. The first-order valence-electron chi connectivity index (χ1n) is 9.08. The lowest BCUT2D eigenvalue weighted by Gasteiger charge is -2.38. The number of aryl methyl sites for hydroxylation is 1. The zero-order chi connectivity index (χ0) is 18.5. The van der Waals surface area contributed by atoms with E-state index in [0.717, 1.165) is 43.2 Å². The number of hydrogen-bond donors (Lipinski definition) is 1. The zero-order valence-corrected chi connectivity index (χ0v) is 15.7. The Morgan fingerprint density at radius 1 is 1.08 bits per heavy atom. The Morgan fingerprint density at radius 2 is 1.77 bits per heavy atom. The molecule has 3 rings (SSSR count). The van der Waals surface area contributed by atoms with Crippen molar-refractivity contribution in [3.05, 3.63) is 59.7 Å². The number of benzene rings is 2. The van der Waals surface area contributed by atoms with E-state index >= 15 is 0 Å². The van der Waals surface area contributed by atoms with E-state index in [4.69, 9.17) is 4.74 Å². The third-order valence-electron chi connectivity index (χ3n) is 5.11. The molecule has 1 saturated heterocycles. The van der Waals surface area contributed by atoms with Crippen molar-refractivity contribution >= 4 is 11.7 Å². The molecule has 2 aromatic rings. The Morgan fingerprint density at radius 3 is 2.38 bits per heavy atom. The molecule has 1 fully saturated rings. The summed E-state index contributed by atoms with van der Waals surface area (Å²) >= 11 is 0. The molecule has 1 unspecified atom stereocenters. The van der Waals surface area contributed by atoms with Crippen molar-refractivity contribution in [3.63, 3.8) is 0 Å². The van der Waals surface area contributed by atoms with Gasteiger partial charge in [-0.15, -0.1) is 0 Å². The van der Waals surface area contributed by atoms with Gasteiger partial charge in [-0.2, -0.15) is 0 Å². The van der Waals surface area contributed by atoms with Crippen LogP contribution in [0.5, 0.6) is 5.75 Å². The molecule has 1 aliphatic heterocycles. The number of rotatable bonds is 4. The van der Waals surface area contributed by atoms with Gasteiger partial charge in [-0.05, 0) is 43.2 Å². The molecule has 138 valence electrons. The normalized spacial score (nSPS) is 16.2. The van der Waals surface area contributed by atoms with E-state index in [1.54, 1.807) is 7.11 Å². The summed E-state index contributed by atoms with van der Waals surface area (Å²) in [4.78, 5) is 16.9. The molecule has 0 bridgehead atoms. The molecule has 1 aliphatic rings. The third kappa shape index (κ3) is 4.17. The SMILES string of the molecule is COc1ccc(NC(=O)N2CCN(C(C)c3ccccc3)CC2)c(C)c1. The highest BCUT2D eigenvalue weighted by Crippen LogP contribution is 2.23. The maximum atomic E-state index is 12.6. The lowest BCUT2D eigenvalue weighted by molar-refractivity contribution is 0.119. The number of nitrogens with zero attached hydrogens (tertiary/aromatic N) is 2. The molecule has 0 aromatic heterocycles. The molecule has 1 atom stereocenters. The Hall–Kier alpha value is -2.53. The van der Waals surface area contributed by atoms with Gasteiger partial charge in [0.1, 0.15) is 5.75 Å². The third-order valence-corrected chi connectivity index (χ3v) is 5.11. The summed E-state index contributed by atoms with van der Waals surface area (Å²) in [6.45, 7) is 7.43. The number of urea groups is 1. The van der Waals surface area contributed by atoms with Gasteiger partial charge < -0.3 is 15.0 Å². The van der Waals surface area contributed by atoms with Gasteiger partial charge in [0, 0.05) is 37.9 Å². The molecule has 0 aliphatic carbocycles. The molecule has 0 spiro atoms. The predicted octanol–water partition coefficient (Wildman–Crippen LogP) is 3.91. The van der Waals surface area contributed by atoms with Crippen molar-refractivity contribution in [3.8, 4) is 5.75 Å². The molecule has 0 radical (unpaired) electrons. The Balaban J connectivity index is 1.55. The highest BCUT2D eigenvalue weighted by molar-refractivity contribution is 5.90. The van der Waals surface area contributed by atoms with Gasteiger partial charge in [0.05, 0.1) is 7.11 Å². The van der Waals surface area contributed by atoms with E-state index in [2.05, 4.69) is 41.4 Å². The topological polar surface area (TPSA) is 44.8 Å². The van der Waals surface area contributed by atoms with Crippen LogP contribution in [-0.4, -0.2) is 49.1 Å². The number of piperazine rings is 1. The van der Waals surface area contributed by atoms with Gasteiger partial charge in [0.25, 0.3) is 0 Å². The van der Waals surface area contributed by atoms with Crippen LogP contribution in [0.2, 0.25) is 0 Å². The average molecular weight is 353 g/mol. The molecule has 0 saturated carbocycles. The number of ether oxygens (including phenoxy) is 1. The fraction of sp³-hybridized carbons (Fsp3) is 0.381. The van der Waals surface area contributed by atoms with E-state index in [1.165, 1.54) is 5.56 Å². The Labute approximate surface area is 155 Å². The summed E-state index contributed by atoms with van der Waals surface area (Å²) in [6.07, 6.45) is 0.